The number of hydrogen-bond donors (Lipinski definition) is 5. The maximum atomic E-state index is 12.7. The number of H-pyrrole nitrogens is 1. The standard InChI is InChI=1S/C24H22N6O5S/c1-24(2)23(32)29-16-12-14(7-8-17(16)35-24)27-21-20-13(9-10-26-22(20)31)11-19(30-21)28-15-5-3-4-6-18(15)36(25,33)34/h3-12H,1-2H3,(H,26,31)(H,29,32)(H2,25,33,34)(H2,27,28,30). The summed E-state index contributed by atoms with van der Waals surface area (Å²) < 4.78 is 29.8. The van der Waals surface area contributed by atoms with Gasteiger partial charge in [0.1, 0.15) is 22.3 Å². The number of carbonyl (C=O) groups is 1. The number of hydrogen-bond acceptors (Lipinski definition) is 8. The number of primary sulfonamides is 1. The van der Waals surface area contributed by atoms with Gasteiger partial charge in [0, 0.05) is 11.9 Å². The summed E-state index contributed by atoms with van der Waals surface area (Å²) >= 11 is 0. The quantitative estimate of drug-likeness (QED) is 0.275. The van der Waals surface area contributed by atoms with Crippen molar-refractivity contribution in [1.82, 2.24) is 9.97 Å². The first kappa shape index (κ1) is 23.3. The van der Waals surface area contributed by atoms with E-state index in [0.29, 0.717) is 27.9 Å². The van der Waals surface area contributed by atoms with E-state index in [1.54, 1.807) is 62.4 Å². The van der Waals surface area contributed by atoms with Gasteiger partial charge in [0.2, 0.25) is 10.0 Å². The van der Waals surface area contributed by atoms with Gasteiger partial charge in [-0.3, -0.25) is 9.59 Å². The minimum Gasteiger partial charge on any atom is -0.476 e. The number of pyridine rings is 2. The molecule has 0 atom stereocenters. The molecular weight excluding hydrogens is 484 g/mol. The van der Waals surface area contributed by atoms with Crippen LogP contribution in [0.2, 0.25) is 0 Å². The molecule has 0 aliphatic carbocycles. The van der Waals surface area contributed by atoms with Gasteiger partial charge in [-0.1, -0.05) is 12.1 Å². The number of fused-ring (bicyclic) bond motifs is 2. The van der Waals surface area contributed by atoms with Crippen LogP contribution in [0.15, 0.2) is 70.5 Å². The van der Waals surface area contributed by atoms with Crippen molar-refractivity contribution in [3.8, 4) is 5.75 Å². The molecule has 5 rings (SSSR count). The number of rotatable bonds is 5. The Kier molecular flexibility index (Phi) is 5.42. The number of benzene rings is 2. The van der Waals surface area contributed by atoms with Gasteiger partial charge in [0.05, 0.1) is 16.8 Å². The van der Waals surface area contributed by atoms with Crippen LogP contribution in [-0.2, 0) is 14.8 Å². The van der Waals surface area contributed by atoms with Crippen molar-refractivity contribution in [2.24, 2.45) is 5.14 Å². The van der Waals surface area contributed by atoms with E-state index in [2.05, 4.69) is 25.9 Å². The minimum atomic E-state index is -3.99. The largest absolute Gasteiger partial charge is 0.476 e. The average Bonchev–Trinajstić information content (AvgIpc) is 2.79. The number of aromatic nitrogens is 2. The summed E-state index contributed by atoms with van der Waals surface area (Å²) in [6.45, 7) is 3.35. The maximum Gasteiger partial charge on any atom is 0.268 e. The molecule has 0 bridgehead atoms. The molecule has 0 spiro atoms. The van der Waals surface area contributed by atoms with E-state index < -0.39 is 15.6 Å². The fourth-order valence-corrected chi connectivity index (χ4v) is 4.54. The molecule has 0 saturated heterocycles. The van der Waals surface area contributed by atoms with E-state index in [1.807, 2.05) is 0 Å². The summed E-state index contributed by atoms with van der Waals surface area (Å²) in [7, 11) is -3.99. The fraction of sp³-hybridized carbons (Fsp3) is 0.125. The third-order valence-electron chi connectivity index (χ3n) is 5.61. The number of carbonyl (C=O) groups excluding carboxylic acids is 1. The molecule has 0 radical (unpaired) electrons. The van der Waals surface area contributed by atoms with Gasteiger partial charge in [-0.15, -0.1) is 0 Å². The Bertz CT molecular complexity index is 1700. The Labute approximate surface area is 205 Å². The molecule has 36 heavy (non-hydrogen) atoms. The third kappa shape index (κ3) is 4.34. The lowest BCUT2D eigenvalue weighted by Crippen LogP contribution is -2.45. The number of amides is 1. The fourth-order valence-electron chi connectivity index (χ4n) is 3.85. The first-order valence-corrected chi connectivity index (χ1v) is 12.4. The van der Waals surface area contributed by atoms with E-state index in [-0.39, 0.29) is 33.7 Å². The van der Waals surface area contributed by atoms with Gasteiger partial charge >= 0.3 is 0 Å². The van der Waals surface area contributed by atoms with Crippen LogP contribution < -0.4 is 31.4 Å². The third-order valence-corrected chi connectivity index (χ3v) is 6.58. The molecule has 1 amide bonds. The van der Waals surface area contributed by atoms with Crippen molar-refractivity contribution in [1.29, 1.82) is 0 Å². The zero-order chi connectivity index (χ0) is 25.7. The smallest absolute Gasteiger partial charge is 0.268 e. The molecule has 0 fully saturated rings. The lowest BCUT2D eigenvalue weighted by atomic mass is 10.1. The number of nitrogens with zero attached hydrogens (tertiary/aromatic N) is 1. The Hall–Kier alpha value is -4.42. The van der Waals surface area contributed by atoms with Crippen molar-refractivity contribution in [2.75, 3.05) is 16.0 Å². The van der Waals surface area contributed by atoms with Gasteiger partial charge in [-0.25, -0.2) is 18.5 Å². The van der Waals surface area contributed by atoms with Gasteiger partial charge in [-0.2, -0.15) is 0 Å². The van der Waals surface area contributed by atoms with Crippen LogP contribution in [0.5, 0.6) is 5.75 Å². The van der Waals surface area contributed by atoms with Crippen LogP contribution in [0.4, 0.5) is 28.7 Å². The van der Waals surface area contributed by atoms with Crippen LogP contribution in [0.25, 0.3) is 10.8 Å². The van der Waals surface area contributed by atoms with E-state index in [0.717, 1.165) is 0 Å². The second kappa shape index (κ2) is 8.36. The molecule has 1 aliphatic rings. The van der Waals surface area contributed by atoms with E-state index in [1.165, 1.54) is 12.3 Å². The molecule has 2 aromatic carbocycles. The zero-order valence-electron chi connectivity index (χ0n) is 19.2. The Balaban J connectivity index is 1.57. The normalized spacial score (nSPS) is 14.5. The van der Waals surface area contributed by atoms with E-state index in [4.69, 9.17) is 9.88 Å². The van der Waals surface area contributed by atoms with Crippen molar-refractivity contribution in [3.05, 3.63) is 71.1 Å². The second-order valence-corrected chi connectivity index (χ2v) is 10.2. The molecule has 0 unspecified atom stereocenters. The summed E-state index contributed by atoms with van der Waals surface area (Å²) in [5.41, 5.74) is -0.120. The SMILES string of the molecule is CC1(C)Oc2ccc(Nc3nc(Nc4ccccc4S(N)(=O)=O)cc4cc[nH]c(=O)c34)cc2NC1=O. The minimum absolute atomic E-state index is 0.0966. The van der Waals surface area contributed by atoms with Gasteiger partial charge < -0.3 is 25.7 Å². The van der Waals surface area contributed by atoms with Gasteiger partial charge in [-0.05, 0) is 61.7 Å². The molecule has 11 nitrogen and oxygen atoms in total. The molecule has 12 heteroatoms. The highest BCUT2D eigenvalue weighted by Crippen LogP contribution is 2.37. The summed E-state index contributed by atoms with van der Waals surface area (Å²) in [5.74, 6) is 0.721. The molecule has 4 aromatic rings. The molecule has 2 aromatic heterocycles. The molecule has 0 saturated carbocycles. The van der Waals surface area contributed by atoms with E-state index >= 15 is 0 Å². The number of para-hydroxylation sites is 1. The molecule has 1 aliphatic heterocycles. The summed E-state index contributed by atoms with van der Waals surface area (Å²) in [4.78, 5) is 32.0. The highest BCUT2D eigenvalue weighted by Gasteiger charge is 2.35. The second-order valence-electron chi connectivity index (χ2n) is 8.70. The van der Waals surface area contributed by atoms with Crippen molar-refractivity contribution < 1.29 is 17.9 Å². The lowest BCUT2D eigenvalue weighted by Gasteiger charge is -2.31. The Morgan fingerprint density at radius 1 is 1.03 bits per heavy atom. The monoisotopic (exact) mass is 506 g/mol. The van der Waals surface area contributed by atoms with Gasteiger partial charge in [0.15, 0.2) is 5.60 Å². The number of sulfonamides is 1. The van der Waals surface area contributed by atoms with Crippen molar-refractivity contribution in [3.63, 3.8) is 0 Å². The topological polar surface area (TPSA) is 168 Å². The predicted molar refractivity (Wildman–Crippen MR) is 137 cm³/mol. The van der Waals surface area contributed by atoms with Crippen LogP contribution in [0.1, 0.15) is 13.8 Å². The van der Waals surface area contributed by atoms with Crippen LogP contribution in [0, 0.1) is 0 Å². The summed E-state index contributed by atoms with van der Waals surface area (Å²) in [5, 5.41) is 15.1. The van der Waals surface area contributed by atoms with Crippen LogP contribution >= 0.6 is 0 Å². The zero-order valence-corrected chi connectivity index (χ0v) is 20.1. The number of nitrogens with one attached hydrogen (secondary N) is 4. The molecule has 6 N–H and O–H groups in total. The Morgan fingerprint density at radius 2 is 1.81 bits per heavy atom. The first-order chi connectivity index (χ1) is 17.0. The molecule has 3 heterocycles. The summed E-state index contributed by atoms with van der Waals surface area (Å²) in [6.07, 6.45) is 1.50. The van der Waals surface area contributed by atoms with E-state index in [9.17, 15) is 18.0 Å². The van der Waals surface area contributed by atoms with Crippen LogP contribution in [0.3, 0.4) is 0 Å². The highest BCUT2D eigenvalue weighted by molar-refractivity contribution is 7.89. The lowest BCUT2D eigenvalue weighted by molar-refractivity contribution is -0.129. The maximum absolute atomic E-state index is 12.7. The highest BCUT2D eigenvalue weighted by atomic mass is 32.2. The van der Waals surface area contributed by atoms with Crippen LogP contribution in [-0.4, -0.2) is 29.9 Å². The number of nitrogens with two attached hydrogens (primary N) is 1. The van der Waals surface area contributed by atoms with Gasteiger partial charge in [0.25, 0.3) is 11.5 Å². The number of anilines is 5. The van der Waals surface area contributed by atoms with Crippen molar-refractivity contribution >= 4 is 55.4 Å². The van der Waals surface area contributed by atoms with Crippen molar-refractivity contribution in [2.45, 2.75) is 24.3 Å². The molecular formula is C24H22N6O5S. The summed E-state index contributed by atoms with van der Waals surface area (Å²) in [6, 6.07) is 14.6. The number of aromatic amines is 1. The average molecular weight is 507 g/mol. The number of ether oxygens (including phenoxy) is 1. The Morgan fingerprint density at radius 3 is 2.58 bits per heavy atom. The first-order valence-electron chi connectivity index (χ1n) is 10.8. The predicted octanol–water partition coefficient (Wildman–Crippen LogP) is 3.17. The molecule has 184 valence electrons.